The number of benzene rings is 2. The molecule has 9 heteroatoms. The van der Waals surface area contributed by atoms with Crippen molar-refractivity contribution < 1.29 is 21.6 Å². The molecule has 0 aliphatic carbocycles. The first-order valence-corrected chi connectivity index (χ1v) is 10.0. The molecule has 2 heterocycles. The number of alkyl halides is 3. The van der Waals surface area contributed by atoms with Gasteiger partial charge in [-0.1, -0.05) is 0 Å². The van der Waals surface area contributed by atoms with Crippen LogP contribution in [0.25, 0.3) is 10.9 Å². The lowest BCUT2D eigenvalue weighted by Crippen LogP contribution is -2.16. The minimum Gasteiger partial charge on any atom is -0.358 e. The van der Waals surface area contributed by atoms with Gasteiger partial charge in [-0.15, -0.1) is 12.4 Å². The smallest absolute Gasteiger partial charge is 0.358 e. The number of hydrogen-bond donors (Lipinski definition) is 2. The lowest BCUT2D eigenvalue weighted by Gasteiger charge is -2.09. The summed E-state index contributed by atoms with van der Waals surface area (Å²) in [6.07, 6.45) is -2.87. The van der Waals surface area contributed by atoms with E-state index < -0.39 is 21.6 Å². The molecule has 0 saturated carbocycles. The average molecular weight is 431 g/mol. The van der Waals surface area contributed by atoms with Crippen LogP contribution in [-0.2, 0) is 28.9 Å². The quantitative estimate of drug-likeness (QED) is 0.642. The van der Waals surface area contributed by atoms with Crippen molar-refractivity contribution in [3.8, 4) is 0 Å². The van der Waals surface area contributed by atoms with Gasteiger partial charge >= 0.3 is 6.18 Å². The van der Waals surface area contributed by atoms with Gasteiger partial charge in [-0.2, -0.15) is 13.2 Å². The summed E-state index contributed by atoms with van der Waals surface area (Å²) in [6, 6.07) is 8.41. The molecule has 0 radical (unpaired) electrons. The van der Waals surface area contributed by atoms with Crippen LogP contribution in [0.15, 0.2) is 52.3 Å². The molecule has 3 aromatic rings. The van der Waals surface area contributed by atoms with Gasteiger partial charge in [-0.05, 0) is 61.0 Å². The lowest BCUT2D eigenvalue weighted by atomic mass is 10.1. The summed E-state index contributed by atoms with van der Waals surface area (Å²) in [6.45, 7) is 1.67. The maximum Gasteiger partial charge on any atom is 0.416 e. The third kappa shape index (κ3) is 3.64. The number of halogens is 4. The molecule has 150 valence electrons. The number of rotatable bonds is 2. The molecule has 0 amide bonds. The molecule has 28 heavy (non-hydrogen) atoms. The van der Waals surface area contributed by atoms with Crippen LogP contribution in [-0.4, -0.2) is 26.5 Å². The van der Waals surface area contributed by atoms with Crippen LogP contribution in [0.3, 0.4) is 0 Å². The summed E-state index contributed by atoms with van der Waals surface area (Å²) in [4.78, 5) is 3.26. The third-order valence-electron chi connectivity index (χ3n) is 4.87. The standard InChI is InChI=1S/C19H17F3N2O2S.ClH/c20-19(21,22)12-1-3-13(4-2-12)27(25,26)14-5-6-17-16(11-14)15-7-9-23-10-8-18(15)24-17;/h1-6,11,23-24H,7-10H2;1H. The third-order valence-corrected chi connectivity index (χ3v) is 6.64. The van der Waals surface area contributed by atoms with Gasteiger partial charge in [0.25, 0.3) is 0 Å². The van der Waals surface area contributed by atoms with Gasteiger partial charge in [0.1, 0.15) is 0 Å². The predicted molar refractivity (Wildman–Crippen MR) is 103 cm³/mol. The normalized spacial score (nSPS) is 15.0. The van der Waals surface area contributed by atoms with E-state index in [1.165, 1.54) is 6.07 Å². The molecule has 0 saturated heterocycles. The second-order valence-electron chi connectivity index (χ2n) is 6.57. The molecule has 1 aromatic heterocycles. The van der Waals surface area contributed by atoms with Crippen molar-refractivity contribution in [1.82, 2.24) is 10.3 Å². The van der Waals surface area contributed by atoms with Crippen molar-refractivity contribution in [3.05, 3.63) is 59.3 Å². The Morgan fingerprint density at radius 3 is 2.21 bits per heavy atom. The Kier molecular flexibility index (Phi) is 5.49. The van der Waals surface area contributed by atoms with E-state index in [1.54, 1.807) is 12.1 Å². The molecule has 0 unspecified atom stereocenters. The van der Waals surface area contributed by atoms with Gasteiger partial charge in [0.15, 0.2) is 0 Å². The molecule has 1 aliphatic heterocycles. The second-order valence-corrected chi connectivity index (χ2v) is 8.51. The maximum absolute atomic E-state index is 12.9. The SMILES string of the molecule is Cl.O=S(=O)(c1ccc(C(F)(F)F)cc1)c1ccc2[nH]c3c(c2c1)CCNCC3. The highest BCUT2D eigenvalue weighted by atomic mass is 35.5. The Morgan fingerprint density at radius 2 is 1.54 bits per heavy atom. The van der Waals surface area contributed by atoms with Crippen molar-refractivity contribution >= 4 is 33.1 Å². The van der Waals surface area contributed by atoms with Crippen molar-refractivity contribution in [2.45, 2.75) is 28.8 Å². The Balaban J connectivity index is 0.00000225. The van der Waals surface area contributed by atoms with Crippen LogP contribution in [0.2, 0.25) is 0 Å². The fraction of sp³-hybridized carbons (Fsp3) is 0.263. The number of fused-ring (bicyclic) bond motifs is 3. The summed E-state index contributed by atoms with van der Waals surface area (Å²) in [5.74, 6) is 0. The number of nitrogens with one attached hydrogen (secondary N) is 2. The molecule has 0 spiro atoms. The Morgan fingerprint density at radius 1 is 0.893 bits per heavy atom. The summed E-state index contributed by atoms with van der Waals surface area (Å²) < 4.78 is 63.9. The second kappa shape index (κ2) is 7.42. The predicted octanol–water partition coefficient (Wildman–Crippen LogP) is 4.13. The Hall–Kier alpha value is -2.03. The lowest BCUT2D eigenvalue weighted by molar-refractivity contribution is -0.137. The van der Waals surface area contributed by atoms with Crippen LogP contribution >= 0.6 is 12.4 Å². The molecular weight excluding hydrogens is 413 g/mol. The molecular formula is C19H18ClF3N2O2S. The molecule has 1 aliphatic rings. The monoisotopic (exact) mass is 430 g/mol. The summed E-state index contributed by atoms with van der Waals surface area (Å²) in [5.41, 5.74) is 2.19. The van der Waals surface area contributed by atoms with Gasteiger partial charge in [0.05, 0.1) is 15.4 Å². The molecule has 4 nitrogen and oxygen atoms in total. The first-order chi connectivity index (χ1) is 12.8. The van der Waals surface area contributed by atoms with Crippen molar-refractivity contribution in [3.63, 3.8) is 0 Å². The molecule has 2 N–H and O–H groups in total. The number of aromatic nitrogens is 1. The van der Waals surface area contributed by atoms with Gasteiger partial charge in [0, 0.05) is 29.6 Å². The Bertz CT molecular complexity index is 1110. The molecule has 0 atom stereocenters. The Labute approximate surface area is 166 Å². The highest BCUT2D eigenvalue weighted by molar-refractivity contribution is 7.91. The molecule has 0 bridgehead atoms. The van der Waals surface area contributed by atoms with E-state index in [1.807, 2.05) is 0 Å². The van der Waals surface area contributed by atoms with Gasteiger partial charge in [0.2, 0.25) is 9.84 Å². The van der Waals surface area contributed by atoms with E-state index in [4.69, 9.17) is 0 Å². The van der Waals surface area contributed by atoms with E-state index in [9.17, 15) is 21.6 Å². The largest absolute Gasteiger partial charge is 0.416 e. The maximum atomic E-state index is 12.9. The number of sulfone groups is 1. The summed E-state index contributed by atoms with van der Waals surface area (Å²) in [5, 5.41) is 4.15. The summed E-state index contributed by atoms with van der Waals surface area (Å²) in [7, 11) is -3.90. The summed E-state index contributed by atoms with van der Waals surface area (Å²) >= 11 is 0. The fourth-order valence-corrected chi connectivity index (χ4v) is 4.75. The van der Waals surface area contributed by atoms with Gasteiger partial charge < -0.3 is 10.3 Å². The highest BCUT2D eigenvalue weighted by Crippen LogP contribution is 2.32. The van der Waals surface area contributed by atoms with Crippen molar-refractivity contribution in [1.29, 1.82) is 0 Å². The van der Waals surface area contributed by atoms with Gasteiger partial charge in [-0.25, -0.2) is 8.42 Å². The van der Waals surface area contributed by atoms with E-state index in [-0.39, 0.29) is 22.2 Å². The zero-order chi connectivity index (χ0) is 19.2. The average Bonchev–Trinajstić information content (AvgIpc) is 2.81. The van der Waals surface area contributed by atoms with Crippen LogP contribution in [0.1, 0.15) is 16.8 Å². The van der Waals surface area contributed by atoms with Crippen LogP contribution in [0, 0.1) is 0 Å². The van der Waals surface area contributed by atoms with E-state index in [0.717, 1.165) is 72.4 Å². The molecule has 4 rings (SSSR count). The zero-order valence-corrected chi connectivity index (χ0v) is 16.3. The first kappa shape index (κ1) is 20.7. The topological polar surface area (TPSA) is 62.0 Å². The van der Waals surface area contributed by atoms with Crippen molar-refractivity contribution in [2.75, 3.05) is 13.1 Å². The van der Waals surface area contributed by atoms with Crippen LogP contribution in [0.4, 0.5) is 13.2 Å². The number of H-pyrrole nitrogens is 1. The van der Waals surface area contributed by atoms with E-state index in [2.05, 4.69) is 10.3 Å². The number of aromatic amines is 1. The molecule has 0 fully saturated rings. The minimum absolute atomic E-state index is 0. The van der Waals surface area contributed by atoms with Gasteiger partial charge in [-0.3, -0.25) is 0 Å². The zero-order valence-electron chi connectivity index (χ0n) is 14.6. The van der Waals surface area contributed by atoms with Crippen molar-refractivity contribution in [2.24, 2.45) is 0 Å². The number of hydrogen-bond acceptors (Lipinski definition) is 3. The fourth-order valence-electron chi connectivity index (χ4n) is 3.46. The highest BCUT2D eigenvalue weighted by Gasteiger charge is 2.31. The van der Waals surface area contributed by atoms with E-state index >= 15 is 0 Å². The minimum atomic E-state index is -4.50. The van der Waals surface area contributed by atoms with E-state index in [0.29, 0.717) is 0 Å². The van der Waals surface area contributed by atoms with Crippen LogP contribution < -0.4 is 5.32 Å². The molecule has 2 aromatic carbocycles. The first-order valence-electron chi connectivity index (χ1n) is 8.53. The van der Waals surface area contributed by atoms with Crippen LogP contribution in [0.5, 0.6) is 0 Å².